The van der Waals surface area contributed by atoms with Gasteiger partial charge in [-0.25, -0.2) is 13.2 Å². The van der Waals surface area contributed by atoms with Crippen molar-refractivity contribution >= 4 is 16.0 Å². The highest BCUT2D eigenvalue weighted by molar-refractivity contribution is 7.89. The summed E-state index contributed by atoms with van der Waals surface area (Å²) in [7, 11) is 0.386. The molecule has 0 atom stereocenters. The molecule has 0 radical (unpaired) electrons. The summed E-state index contributed by atoms with van der Waals surface area (Å²) in [6.45, 7) is 0.477. The third-order valence-corrected chi connectivity index (χ3v) is 4.51. The number of likely N-dealkylation sites (N-methyl/N-ethyl adjacent to an activating group) is 1. The number of ether oxygens (including phenoxy) is 2. The van der Waals surface area contributed by atoms with E-state index in [0.717, 1.165) is 4.31 Å². The summed E-state index contributed by atoms with van der Waals surface area (Å²) < 4.78 is 35.3. The first-order chi connectivity index (χ1) is 8.95. The number of sulfonamides is 1. The highest BCUT2D eigenvalue weighted by Gasteiger charge is 2.26. The van der Waals surface area contributed by atoms with Gasteiger partial charge in [-0.2, -0.15) is 4.31 Å². The number of esters is 1. The first-order valence-corrected chi connectivity index (χ1v) is 7.01. The molecule has 0 saturated carbocycles. The van der Waals surface area contributed by atoms with Crippen molar-refractivity contribution in [1.82, 2.24) is 4.31 Å². The molecule has 0 aliphatic heterocycles. The van der Waals surface area contributed by atoms with Crippen LogP contribution in [0.15, 0.2) is 29.2 Å². The van der Waals surface area contributed by atoms with Crippen molar-refractivity contribution in [3.63, 3.8) is 0 Å². The van der Waals surface area contributed by atoms with Crippen LogP contribution in [0.1, 0.15) is 10.4 Å². The molecule has 0 bridgehead atoms. The van der Waals surface area contributed by atoms with E-state index in [4.69, 9.17) is 4.74 Å². The van der Waals surface area contributed by atoms with Gasteiger partial charge >= 0.3 is 5.97 Å². The molecule has 0 unspecified atom stereocenters. The zero-order chi connectivity index (χ0) is 14.5. The minimum Gasteiger partial charge on any atom is -0.465 e. The van der Waals surface area contributed by atoms with Crippen molar-refractivity contribution in [3.05, 3.63) is 29.8 Å². The van der Waals surface area contributed by atoms with E-state index in [-0.39, 0.29) is 23.6 Å². The normalized spacial score (nSPS) is 11.6. The number of carbonyl (C=O) groups excluding carboxylic acids is 1. The van der Waals surface area contributed by atoms with Gasteiger partial charge in [0.05, 0.1) is 24.2 Å². The quantitative estimate of drug-likeness (QED) is 0.722. The van der Waals surface area contributed by atoms with Crippen molar-refractivity contribution in [1.29, 1.82) is 0 Å². The molecular weight excluding hydrogens is 270 g/mol. The van der Waals surface area contributed by atoms with Crippen LogP contribution in [0.25, 0.3) is 0 Å². The molecule has 0 heterocycles. The predicted molar refractivity (Wildman–Crippen MR) is 69.5 cm³/mol. The lowest BCUT2D eigenvalue weighted by Crippen LogP contribution is -2.31. The van der Waals surface area contributed by atoms with Crippen molar-refractivity contribution in [3.8, 4) is 0 Å². The van der Waals surface area contributed by atoms with Gasteiger partial charge in [-0.15, -0.1) is 0 Å². The summed E-state index contributed by atoms with van der Waals surface area (Å²) >= 11 is 0. The van der Waals surface area contributed by atoms with Gasteiger partial charge in [0.25, 0.3) is 0 Å². The van der Waals surface area contributed by atoms with Crippen LogP contribution in [-0.2, 0) is 19.5 Å². The van der Waals surface area contributed by atoms with Crippen LogP contribution in [0, 0.1) is 0 Å². The van der Waals surface area contributed by atoms with Gasteiger partial charge < -0.3 is 9.47 Å². The SMILES string of the molecule is COCCN(C)S(=O)(=O)c1ccccc1C(=O)OC. The second-order valence-corrected chi connectivity index (χ2v) is 5.82. The van der Waals surface area contributed by atoms with Gasteiger partial charge in [-0.05, 0) is 12.1 Å². The number of rotatable bonds is 6. The number of hydrogen-bond donors (Lipinski definition) is 0. The summed E-state index contributed by atoms with van der Waals surface area (Å²) in [5.74, 6) is -0.681. The number of carbonyl (C=O) groups is 1. The molecule has 19 heavy (non-hydrogen) atoms. The number of benzene rings is 1. The van der Waals surface area contributed by atoms with Crippen LogP contribution in [-0.4, -0.2) is 53.1 Å². The van der Waals surface area contributed by atoms with E-state index in [1.165, 1.54) is 33.4 Å². The van der Waals surface area contributed by atoms with Gasteiger partial charge in [0.2, 0.25) is 10.0 Å². The van der Waals surface area contributed by atoms with Crippen LogP contribution in [0.3, 0.4) is 0 Å². The van der Waals surface area contributed by atoms with Crippen LogP contribution in [0.4, 0.5) is 0 Å². The highest BCUT2D eigenvalue weighted by Crippen LogP contribution is 2.19. The van der Waals surface area contributed by atoms with E-state index in [9.17, 15) is 13.2 Å². The molecule has 0 aromatic heterocycles. The third-order valence-electron chi connectivity index (χ3n) is 2.59. The first-order valence-electron chi connectivity index (χ1n) is 5.57. The lowest BCUT2D eigenvalue weighted by molar-refractivity contribution is 0.0596. The van der Waals surface area contributed by atoms with E-state index in [1.54, 1.807) is 12.1 Å². The Bertz CT molecular complexity index is 541. The molecule has 106 valence electrons. The molecule has 1 aromatic rings. The third kappa shape index (κ3) is 3.52. The largest absolute Gasteiger partial charge is 0.465 e. The average molecular weight is 287 g/mol. The van der Waals surface area contributed by atoms with Crippen LogP contribution in [0.5, 0.6) is 0 Å². The molecule has 1 aromatic carbocycles. The lowest BCUT2D eigenvalue weighted by Gasteiger charge is -2.18. The van der Waals surface area contributed by atoms with Crippen molar-refractivity contribution in [2.75, 3.05) is 34.4 Å². The maximum absolute atomic E-state index is 12.3. The molecule has 1 rings (SSSR count). The Morgan fingerprint density at radius 2 is 1.89 bits per heavy atom. The van der Waals surface area contributed by atoms with Gasteiger partial charge in [0.15, 0.2) is 0 Å². The Labute approximate surface area is 113 Å². The van der Waals surface area contributed by atoms with Gasteiger partial charge in [-0.1, -0.05) is 12.1 Å². The summed E-state index contributed by atoms with van der Waals surface area (Å²) in [6.07, 6.45) is 0. The minimum absolute atomic E-state index is 0.0225. The molecule has 0 saturated heterocycles. The van der Waals surface area contributed by atoms with Crippen LogP contribution < -0.4 is 0 Å². The van der Waals surface area contributed by atoms with Crippen LogP contribution in [0.2, 0.25) is 0 Å². The Balaban J connectivity index is 3.18. The molecule has 0 amide bonds. The fraction of sp³-hybridized carbons (Fsp3) is 0.417. The van der Waals surface area contributed by atoms with E-state index in [0.29, 0.717) is 0 Å². The Morgan fingerprint density at radius 1 is 1.26 bits per heavy atom. The summed E-state index contributed by atoms with van der Waals surface area (Å²) in [5, 5.41) is 0. The number of methoxy groups -OCH3 is 2. The monoisotopic (exact) mass is 287 g/mol. The van der Waals surface area contributed by atoms with Crippen LogP contribution >= 0.6 is 0 Å². The van der Waals surface area contributed by atoms with E-state index in [1.807, 2.05) is 0 Å². The van der Waals surface area contributed by atoms with Crippen molar-refractivity contribution in [2.45, 2.75) is 4.90 Å². The second-order valence-electron chi connectivity index (χ2n) is 3.81. The fourth-order valence-corrected chi connectivity index (χ4v) is 2.81. The molecule has 0 spiro atoms. The molecular formula is C12H17NO5S. The summed E-state index contributed by atoms with van der Waals surface area (Å²) in [5.41, 5.74) is 0.0225. The molecule has 0 fully saturated rings. The van der Waals surface area contributed by atoms with Gasteiger partial charge in [-0.3, -0.25) is 0 Å². The Hall–Kier alpha value is -1.44. The standard InChI is InChI=1S/C12H17NO5S/c1-13(8-9-17-2)19(15,16)11-7-5-4-6-10(11)12(14)18-3/h4-7H,8-9H2,1-3H3. The minimum atomic E-state index is -3.74. The molecule has 0 aliphatic carbocycles. The topological polar surface area (TPSA) is 72.9 Å². The number of nitrogens with zero attached hydrogens (tertiary/aromatic N) is 1. The van der Waals surface area contributed by atoms with Crippen molar-refractivity contribution in [2.24, 2.45) is 0 Å². The second kappa shape index (κ2) is 6.65. The summed E-state index contributed by atoms with van der Waals surface area (Å²) in [6, 6.07) is 5.94. The smallest absolute Gasteiger partial charge is 0.339 e. The van der Waals surface area contributed by atoms with E-state index >= 15 is 0 Å². The number of hydrogen-bond acceptors (Lipinski definition) is 5. The molecule has 6 nitrogen and oxygen atoms in total. The molecule has 7 heteroatoms. The van der Waals surface area contributed by atoms with Crippen molar-refractivity contribution < 1.29 is 22.7 Å². The maximum Gasteiger partial charge on any atom is 0.339 e. The highest BCUT2D eigenvalue weighted by atomic mass is 32.2. The van der Waals surface area contributed by atoms with E-state index < -0.39 is 16.0 Å². The Morgan fingerprint density at radius 3 is 2.47 bits per heavy atom. The van der Waals surface area contributed by atoms with Gasteiger partial charge in [0, 0.05) is 20.7 Å². The maximum atomic E-state index is 12.3. The predicted octanol–water partition coefficient (Wildman–Crippen LogP) is 0.740. The zero-order valence-electron chi connectivity index (χ0n) is 11.1. The lowest BCUT2D eigenvalue weighted by atomic mass is 10.2. The average Bonchev–Trinajstić information content (AvgIpc) is 2.43. The van der Waals surface area contributed by atoms with Gasteiger partial charge in [0.1, 0.15) is 0 Å². The summed E-state index contributed by atoms with van der Waals surface area (Å²) in [4.78, 5) is 11.5. The first kappa shape index (κ1) is 15.6. The fourth-order valence-electron chi connectivity index (χ4n) is 1.48. The molecule has 0 aliphatic rings. The van der Waals surface area contributed by atoms with E-state index in [2.05, 4.69) is 4.74 Å². The molecule has 0 N–H and O–H groups in total. The zero-order valence-corrected chi connectivity index (χ0v) is 11.9. The Kier molecular flexibility index (Phi) is 5.46.